The van der Waals surface area contributed by atoms with Crippen LogP contribution in [0, 0.1) is 5.41 Å². The lowest BCUT2D eigenvalue weighted by Gasteiger charge is -2.41. The number of benzene rings is 1. The van der Waals surface area contributed by atoms with Crippen molar-refractivity contribution >= 4 is 17.7 Å². The van der Waals surface area contributed by atoms with E-state index >= 15 is 0 Å². The molecule has 1 aromatic carbocycles. The molecule has 2 N–H and O–H groups in total. The van der Waals surface area contributed by atoms with Gasteiger partial charge in [0.15, 0.2) is 6.04 Å². The van der Waals surface area contributed by atoms with Crippen LogP contribution in [0.25, 0.3) is 0 Å². The molecule has 0 spiro atoms. The van der Waals surface area contributed by atoms with Gasteiger partial charge in [-0.2, -0.15) is 0 Å². The first-order valence-electron chi connectivity index (χ1n) is 12.0. The third-order valence-electron chi connectivity index (χ3n) is 7.84. The minimum atomic E-state index is -0.473. The van der Waals surface area contributed by atoms with Crippen molar-refractivity contribution in [2.45, 2.75) is 83.5 Å². The summed E-state index contributed by atoms with van der Waals surface area (Å²) >= 11 is 0. The molecule has 2 fully saturated rings. The Morgan fingerprint density at radius 2 is 1.91 bits per heavy atom. The zero-order valence-corrected chi connectivity index (χ0v) is 19.1. The fourth-order valence-electron chi connectivity index (χ4n) is 5.74. The summed E-state index contributed by atoms with van der Waals surface area (Å²) in [6, 6.07) is 5.73. The van der Waals surface area contributed by atoms with Crippen molar-refractivity contribution in [1.82, 2.24) is 9.80 Å². The summed E-state index contributed by atoms with van der Waals surface area (Å²) in [5, 5.41) is 10.2. The maximum absolute atomic E-state index is 12.9. The van der Waals surface area contributed by atoms with Crippen LogP contribution in [0.1, 0.15) is 74.7 Å². The van der Waals surface area contributed by atoms with E-state index in [0.717, 1.165) is 30.8 Å². The fourth-order valence-corrected chi connectivity index (χ4v) is 5.74. The van der Waals surface area contributed by atoms with Gasteiger partial charge >= 0.3 is 11.8 Å². The van der Waals surface area contributed by atoms with Gasteiger partial charge in [-0.1, -0.05) is 13.8 Å². The van der Waals surface area contributed by atoms with Crippen LogP contribution in [0.5, 0.6) is 5.75 Å². The summed E-state index contributed by atoms with van der Waals surface area (Å²) in [6.07, 6.45) is 6.85. The van der Waals surface area contributed by atoms with E-state index in [1.165, 1.54) is 25.7 Å². The van der Waals surface area contributed by atoms with Gasteiger partial charge < -0.3 is 14.7 Å². The Balaban J connectivity index is 1.27. The zero-order valence-electron chi connectivity index (χ0n) is 19.1. The van der Waals surface area contributed by atoms with Crippen molar-refractivity contribution < 1.29 is 24.4 Å². The summed E-state index contributed by atoms with van der Waals surface area (Å²) < 4.78 is 6.49. The van der Waals surface area contributed by atoms with Crippen LogP contribution in [0.4, 0.5) is 0 Å². The second-order valence-corrected chi connectivity index (χ2v) is 10.6. The standard InChI is InChI=1S/C25H33N3O4/c1-25(2)10-12-27(13-11-25)19-4-3-5-21(19)32-17-6-7-18-16(14-17)15-28(24(18)31)20-8-9-22(29)26-23(20)30/h6-7,14,19-21H,3-5,8-13,15H2,1-2H3,(H,26,29,30)/p+1/t19-,20?,21+/m0/s1. The van der Waals surface area contributed by atoms with Crippen LogP contribution in [0.15, 0.2) is 18.2 Å². The zero-order chi connectivity index (χ0) is 22.5. The molecule has 7 nitrogen and oxygen atoms in total. The monoisotopic (exact) mass is 440 g/mol. The molecular weight excluding hydrogens is 406 g/mol. The number of hydrogen-bond donors (Lipinski definition) is 2. The number of fused-ring (bicyclic) bond motifs is 1. The Bertz CT molecular complexity index is 947. The molecule has 32 heavy (non-hydrogen) atoms. The van der Waals surface area contributed by atoms with Crippen LogP contribution in [0.3, 0.4) is 0 Å². The molecule has 1 unspecified atom stereocenters. The van der Waals surface area contributed by atoms with Crippen LogP contribution in [-0.4, -0.2) is 63.9 Å². The number of piperidine rings is 1. The van der Waals surface area contributed by atoms with E-state index in [1.54, 1.807) is 4.90 Å². The molecule has 3 aliphatic heterocycles. The predicted molar refractivity (Wildman–Crippen MR) is 120 cm³/mol. The maximum atomic E-state index is 12.9. The summed E-state index contributed by atoms with van der Waals surface area (Å²) in [6.45, 7) is 7.43. The Labute approximate surface area is 189 Å². The maximum Gasteiger partial charge on any atom is 0.388 e. The van der Waals surface area contributed by atoms with Crippen molar-refractivity contribution in [2.75, 3.05) is 13.1 Å². The minimum Gasteiger partial charge on any atom is -0.489 e. The average Bonchev–Trinajstić information content (AvgIpc) is 3.33. The summed E-state index contributed by atoms with van der Waals surface area (Å²) in [4.78, 5) is 31.2. The van der Waals surface area contributed by atoms with Gasteiger partial charge in [0.05, 0.1) is 6.42 Å². The van der Waals surface area contributed by atoms with Gasteiger partial charge in [0.1, 0.15) is 11.9 Å². The smallest absolute Gasteiger partial charge is 0.388 e. The van der Waals surface area contributed by atoms with E-state index in [1.807, 2.05) is 18.2 Å². The highest BCUT2D eigenvalue weighted by molar-refractivity contribution is 6.01. The lowest BCUT2D eigenvalue weighted by Crippen LogP contribution is -2.82. The number of aliphatic hydroxyl groups excluding tert-OH is 1. The highest BCUT2D eigenvalue weighted by Crippen LogP contribution is 2.36. The second kappa shape index (κ2) is 8.18. The van der Waals surface area contributed by atoms with Gasteiger partial charge in [-0.15, -0.1) is 4.99 Å². The van der Waals surface area contributed by atoms with Crippen LogP contribution in [0.2, 0.25) is 0 Å². The Morgan fingerprint density at radius 3 is 2.66 bits per heavy atom. The molecule has 0 bridgehead atoms. The van der Waals surface area contributed by atoms with E-state index in [4.69, 9.17) is 4.74 Å². The molecule has 1 aromatic rings. The first kappa shape index (κ1) is 21.4. The highest BCUT2D eigenvalue weighted by atomic mass is 16.5. The van der Waals surface area contributed by atoms with Crippen molar-refractivity contribution in [3.8, 4) is 5.75 Å². The van der Waals surface area contributed by atoms with Crippen molar-refractivity contribution in [3.05, 3.63) is 29.3 Å². The number of ether oxygens (including phenoxy) is 1. The molecule has 2 amide bonds. The number of aliphatic hydroxyl groups is 1. The molecule has 1 aliphatic carbocycles. The number of nitrogens with zero attached hydrogens (tertiary/aromatic N) is 2. The third kappa shape index (κ3) is 4.03. The molecule has 3 atom stereocenters. The van der Waals surface area contributed by atoms with Gasteiger partial charge in [0, 0.05) is 18.2 Å². The molecule has 5 rings (SSSR count). The number of carbonyl (C=O) groups is 2. The first-order chi connectivity index (χ1) is 15.3. The quantitative estimate of drug-likeness (QED) is 0.746. The van der Waals surface area contributed by atoms with Crippen molar-refractivity contribution in [1.29, 1.82) is 0 Å². The number of nitrogens with one attached hydrogen (secondary N) is 1. The molecule has 7 heteroatoms. The topological polar surface area (TPSA) is 84.1 Å². The van der Waals surface area contributed by atoms with Gasteiger partial charge in [0.25, 0.3) is 5.91 Å². The van der Waals surface area contributed by atoms with Gasteiger partial charge in [-0.05, 0) is 80.8 Å². The molecule has 3 heterocycles. The van der Waals surface area contributed by atoms with Crippen LogP contribution in [-0.2, 0) is 11.3 Å². The summed E-state index contributed by atoms with van der Waals surface area (Å²) in [5.41, 5.74) is 2.02. The van der Waals surface area contributed by atoms with Crippen LogP contribution < -0.4 is 9.73 Å². The van der Waals surface area contributed by atoms with E-state index < -0.39 is 6.04 Å². The number of rotatable bonds is 4. The van der Waals surface area contributed by atoms with E-state index in [-0.39, 0.29) is 23.8 Å². The Morgan fingerprint density at radius 1 is 1.12 bits per heavy atom. The predicted octanol–water partition coefficient (Wildman–Crippen LogP) is 1.79. The minimum absolute atomic E-state index is 0.103. The summed E-state index contributed by atoms with van der Waals surface area (Å²) in [7, 11) is 0. The third-order valence-corrected chi connectivity index (χ3v) is 7.84. The second-order valence-electron chi connectivity index (χ2n) is 10.6. The highest BCUT2D eigenvalue weighted by Gasteiger charge is 2.41. The average molecular weight is 441 g/mol. The Hall–Kier alpha value is -2.41. The van der Waals surface area contributed by atoms with Crippen molar-refractivity contribution in [3.63, 3.8) is 0 Å². The lowest BCUT2D eigenvalue weighted by atomic mass is 9.82. The SMILES string of the molecule is CC1(C)CCN([C@H]2CCC[C@H]2Oc2ccc3c(c2)CN(C2CCC(=O)[NH+]=C2O)C3=O)CC1. The number of amides is 2. The van der Waals surface area contributed by atoms with Gasteiger partial charge in [-0.3, -0.25) is 9.69 Å². The molecular formula is C25H34N3O4+. The molecule has 1 saturated carbocycles. The van der Waals surface area contributed by atoms with Gasteiger partial charge in [0.2, 0.25) is 0 Å². The molecule has 0 radical (unpaired) electrons. The molecule has 0 aromatic heterocycles. The first-order valence-corrected chi connectivity index (χ1v) is 12.0. The van der Waals surface area contributed by atoms with Crippen molar-refractivity contribution in [2.24, 2.45) is 5.41 Å². The lowest BCUT2D eigenvalue weighted by molar-refractivity contribution is -0.394. The molecule has 172 valence electrons. The van der Waals surface area contributed by atoms with E-state index in [0.29, 0.717) is 36.4 Å². The van der Waals surface area contributed by atoms with Gasteiger partial charge in [-0.25, -0.2) is 4.79 Å². The number of carbonyl (C=O) groups excluding carboxylic acids is 2. The van der Waals surface area contributed by atoms with E-state index in [2.05, 4.69) is 23.7 Å². The number of hydrogen-bond acceptors (Lipinski definition) is 4. The normalized spacial score (nSPS) is 30.4. The van der Waals surface area contributed by atoms with E-state index in [9.17, 15) is 14.7 Å². The van der Waals surface area contributed by atoms with Crippen LogP contribution >= 0.6 is 0 Å². The number of likely N-dealkylation sites (tertiary alicyclic amines) is 1. The molecule has 1 saturated heterocycles. The summed E-state index contributed by atoms with van der Waals surface area (Å²) in [5.74, 6) is 0.381. The Kier molecular flexibility index (Phi) is 5.48. The fraction of sp³-hybridized carbons (Fsp3) is 0.640. The largest absolute Gasteiger partial charge is 0.489 e. The molecule has 4 aliphatic rings.